The van der Waals surface area contributed by atoms with Crippen LogP contribution in [0, 0.1) is 6.92 Å². The van der Waals surface area contributed by atoms with Crippen LogP contribution in [0.2, 0.25) is 0 Å². The van der Waals surface area contributed by atoms with Gasteiger partial charge in [-0.1, -0.05) is 17.3 Å². The Hall–Kier alpha value is -2.83. The Morgan fingerprint density at radius 1 is 1.24 bits per heavy atom. The number of carbonyl (C=O) groups excluding carboxylic acids is 2. The van der Waals surface area contributed by atoms with Crippen LogP contribution in [0.25, 0.3) is 0 Å². The standard InChI is InChI=1S/C18H21N3O4/c1-12-10-16(19-25-12)18(23)21-9-8-20(13(2)22)11-17(21)14-4-6-15(24-3)7-5-14/h4-7,10,17H,8-9,11H2,1-3H3. The first-order chi connectivity index (χ1) is 12.0. The zero-order chi connectivity index (χ0) is 18.0. The number of ether oxygens (including phenoxy) is 1. The van der Waals surface area contributed by atoms with Gasteiger partial charge in [-0.3, -0.25) is 9.59 Å². The van der Waals surface area contributed by atoms with E-state index in [-0.39, 0.29) is 23.6 Å². The molecule has 2 heterocycles. The molecule has 1 aliphatic heterocycles. The van der Waals surface area contributed by atoms with Crippen LogP contribution in [0.15, 0.2) is 34.9 Å². The highest BCUT2D eigenvalue weighted by Gasteiger charge is 2.34. The van der Waals surface area contributed by atoms with Crippen molar-refractivity contribution >= 4 is 11.8 Å². The summed E-state index contributed by atoms with van der Waals surface area (Å²) < 4.78 is 10.2. The molecule has 1 aromatic heterocycles. The number of amides is 2. The van der Waals surface area contributed by atoms with Crippen LogP contribution in [0.3, 0.4) is 0 Å². The molecule has 1 saturated heterocycles. The largest absolute Gasteiger partial charge is 0.497 e. The van der Waals surface area contributed by atoms with E-state index >= 15 is 0 Å². The van der Waals surface area contributed by atoms with E-state index in [0.29, 0.717) is 25.4 Å². The highest BCUT2D eigenvalue weighted by molar-refractivity contribution is 5.92. The molecule has 1 fully saturated rings. The Kier molecular flexibility index (Phi) is 4.74. The van der Waals surface area contributed by atoms with Gasteiger partial charge < -0.3 is 19.1 Å². The Bertz CT molecular complexity index is 769. The van der Waals surface area contributed by atoms with Crippen LogP contribution in [-0.4, -0.2) is 53.5 Å². The highest BCUT2D eigenvalue weighted by atomic mass is 16.5. The van der Waals surface area contributed by atoms with Crippen molar-refractivity contribution in [3.05, 3.63) is 47.3 Å². The van der Waals surface area contributed by atoms with Crippen molar-refractivity contribution in [3.8, 4) is 5.75 Å². The molecule has 0 saturated carbocycles. The summed E-state index contributed by atoms with van der Waals surface area (Å²) in [5.41, 5.74) is 1.23. The van der Waals surface area contributed by atoms with E-state index in [2.05, 4.69) is 5.16 Å². The summed E-state index contributed by atoms with van der Waals surface area (Å²) in [5.74, 6) is 1.14. The van der Waals surface area contributed by atoms with Crippen LogP contribution in [-0.2, 0) is 4.79 Å². The minimum Gasteiger partial charge on any atom is -0.497 e. The van der Waals surface area contributed by atoms with Crippen LogP contribution in [0.4, 0.5) is 0 Å². The van der Waals surface area contributed by atoms with Gasteiger partial charge in [-0.15, -0.1) is 0 Å². The number of nitrogens with zero attached hydrogens (tertiary/aromatic N) is 3. The van der Waals surface area contributed by atoms with E-state index in [1.165, 1.54) is 0 Å². The van der Waals surface area contributed by atoms with Crippen LogP contribution in [0.1, 0.15) is 34.8 Å². The summed E-state index contributed by atoms with van der Waals surface area (Å²) >= 11 is 0. The van der Waals surface area contributed by atoms with Crippen molar-refractivity contribution in [1.82, 2.24) is 15.0 Å². The number of piperazine rings is 1. The van der Waals surface area contributed by atoms with Crippen LogP contribution >= 0.6 is 0 Å². The van der Waals surface area contributed by atoms with Gasteiger partial charge in [0.05, 0.1) is 13.2 Å². The molecule has 0 radical (unpaired) electrons. The summed E-state index contributed by atoms with van der Waals surface area (Å²) in [4.78, 5) is 28.2. The lowest BCUT2D eigenvalue weighted by Gasteiger charge is -2.41. The van der Waals surface area contributed by atoms with Gasteiger partial charge in [0, 0.05) is 32.6 Å². The second-order valence-electron chi connectivity index (χ2n) is 6.08. The fraction of sp³-hybridized carbons (Fsp3) is 0.389. The van der Waals surface area contributed by atoms with Gasteiger partial charge in [-0.2, -0.15) is 0 Å². The fourth-order valence-electron chi connectivity index (χ4n) is 3.04. The zero-order valence-electron chi connectivity index (χ0n) is 14.6. The first-order valence-electron chi connectivity index (χ1n) is 8.13. The third-order valence-electron chi connectivity index (χ3n) is 4.43. The molecule has 0 aliphatic carbocycles. The van der Waals surface area contributed by atoms with Gasteiger partial charge >= 0.3 is 0 Å². The maximum Gasteiger partial charge on any atom is 0.276 e. The summed E-state index contributed by atoms with van der Waals surface area (Å²) in [6, 6.07) is 8.93. The second-order valence-corrected chi connectivity index (χ2v) is 6.08. The van der Waals surface area contributed by atoms with Gasteiger partial charge in [-0.05, 0) is 24.6 Å². The SMILES string of the molecule is COc1ccc(C2CN(C(C)=O)CCN2C(=O)c2cc(C)on2)cc1. The third-order valence-corrected chi connectivity index (χ3v) is 4.43. The third kappa shape index (κ3) is 3.50. The fourth-order valence-corrected chi connectivity index (χ4v) is 3.04. The molecule has 0 bridgehead atoms. The number of carbonyl (C=O) groups is 2. The molecule has 2 amide bonds. The predicted molar refractivity (Wildman–Crippen MR) is 90.3 cm³/mol. The van der Waals surface area contributed by atoms with E-state index in [0.717, 1.165) is 11.3 Å². The van der Waals surface area contributed by atoms with Gasteiger partial charge in [0.2, 0.25) is 5.91 Å². The maximum atomic E-state index is 12.9. The van der Waals surface area contributed by atoms with Crippen LogP contribution < -0.4 is 4.74 Å². The first-order valence-corrected chi connectivity index (χ1v) is 8.13. The topological polar surface area (TPSA) is 75.9 Å². The summed E-state index contributed by atoms with van der Waals surface area (Å²) in [6.07, 6.45) is 0. The van der Waals surface area contributed by atoms with Crippen molar-refractivity contribution in [1.29, 1.82) is 0 Å². The Morgan fingerprint density at radius 2 is 1.96 bits per heavy atom. The quantitative estimate of drug-likeness (QED) is 0.852. The van der Waals surface area contributed by atoms with E-state index in [1.807, 2.05) is 24.3 Å². The molecule has 1 aliphatic rings. The number of hydrogen-bond acceptors (Lipinski definition) is 5. The predicted octanol–water partition coefficient (Wildman–Crippen LogP) is 2.04. The van der Waals surface area contributed by atoms with E-state index in [4.69, 9.17) is 9.26 Å². The highest BCUT2D eigenvalue weighted by Crippen LogP contribution is 2.28. The Labute approximate surface area is 146 Å². The first kappa shape index (κ1) is 17.0. The molecule has 0 N–H and O–H groups in total. The maximum absolute atomic E-state index is 12.9. The normalized spacial score (nSPS) is 17.5. The molecule has 1 atom stereocenters. The minimum absolute atomic E-state index is 0.00268. The second kappa shape index (κ2) is 6.96. The molecular weight excluding hydrogens is 322 g/mol. The molecule has 1 unspecified atom stereocenters. The average molecular weight is 343 g/mol. The van der Waals surface area contributed by atoms with Crippen molar-refractivity contribution in [2.45, 2.75) is 19.9 Å². The molecule has 25 heavy (non-hydrogen) atoms. The molecular formula is C18H21N3O4. The lowest BCUT2D eigenvalue weighted by Crippen LogP contribution is -2.52. The monoisotopic (exact) mass is 343 g/mol. The Balaban J connectivity index is 1.91. The van der Waals surface area contributed by atoms with Crippen molar-refractivity contribution < 1.29 is 18.8 Å². The molecule has 7 nitrogen and oxygen atoms in total. The summed E-state index contributed by atoms with van der Waals surface area (Å²) in [6.45, 7) is 4.69. The number of hydrogen-bond donors (Lipinski definition) is 0. The zero-order valence-corrected chi connectivity index (χ0v) is 14.6. The summed E-state index contributed by atoms with van der Waals surface area (Å²) in [5, 5.41) is 3.83. The lowest BCUT2D eigenvalue weighted by atomic mass is 10.0. The molecule has 2 aromatic rings. The molecule has 0 spiro atoms. The average Bonchev–Trinajstić information content (AvgIpc) is 3.07. The number of aromatic nitrogens is 1. The van der Waals surface area contributed by atoms with Crippen molar-refractivity contribution in [3.63, 3.8) is 0 Å². The van der Waals surface area contributed by atoms with E-state index in [1.54, 1.807) is 36.8 Å². The number of rotatable bonds is 3. The van der Waals surface area contributed by atoms with E-state index in [9.17, 15) is 9.59 Å². The molecule has 1 aromatic carbocycles. The van der Waals surface area contributed by atoms with Crippen LogP contribution in [0.5, 0.6) is 5.75 Å². The van der Waals surface area contributed by atoms with Gasteiger partial charge in [0.25, 0.3) is 5.91 Å². The summed E-state index contributed by atoms with van der Waals surface area (Å²) in [7, 11) is 1.61. The van der Waals surface area contributed by atoms with Gasteiger partial charge in [0.15, 0.2) is 5.69 Å². The van der Waals surface area contributed by atoms with Crippen molar-refractivity contribution in [2.75, 3.05) is 26.7 Å². The smallest absolute Gasteiger partial charge is 0.276 e. The molecule has 7 heteroatoms. The molecule has 132 valence electrons. The van der Waals surface area contributed by atoms with E-state index < -0.39 is 0 Å². The number of benzene rings is 1. The lowest BCUT2D eigenvalue weighted by molar-refractivity contribution is -0.131. The molecule has 3 rings (SSSR count). The van der Waals surface area contributed by atoms with Gasteiger partial charge in [0.1, 0.15) is 11.5 Å². The van der Waals surface area contributed by atoms with Gasteiger partial charge in [-0.25, -0.2) is 0 Å². The number of methoxy groups -OCH3 is 1. The van der Waals surface area contributed by atoms with Crippen molar-refractivity contribution in [2.24, 2.45) is 0 Å². The number of aryl methyl sites for hydroxylation is 1. The Morgan fingerprint density at radius 3 is 2.52 bits per heavy atom. The minimum atomic E-state index is -0.243.